The Kier molecular flexibility index (Phi) is 4.75. The van der Waals surface area contributed by atoms with Gasteiger partial charge in [0.15, 0.2) is 5.69 Å². The number of nitrogen functional groups attached to an aromatic ring is 2. The van der Waals surface area contributed by atoms with Gasteiger partial charge in [0.25, 0.3) is 11.8 Å². The first-order valence-corrected chi connectivity index (χ1v) is 5.36. The van der Waals surface area contributed by atoms with E-state index >= 15 is 0 Å². The molecule has 0 atom stereocenters. The lowest BCUT2D eigenvalue weighted by Crippen LogP contribution is -2.37. The quantitative estimate of drug-likeness (QED) is 0.213. The van der Waals surface area contributed by atoms with Crippen molar-refractivity contribution < 1.29 is 29.4 Å². The van der Waals surface area contributed by atoms with Crippen LogP contribution in [0.2, 0.25) is 5.02 Å². The number of carbonyl (C=O) groups is 4. The first kappa shape index (κ1) is 16.3. The lowest BCUT2D eigenvalue weighted by Gasteiger charge is -2.12. The van der Waals surface area contributed by atoms with Crippen molar-refractivity contribution in [2.24, 2.45) is 11.7 Å². The maximum Gasteiger partial charge on any atom is 0.355 e. The van der Waals surface area contributed by atoms with E-state index < -0.39 is 51.3 Å². The standard InChI is InChI=1S/C9H8ClN5O6/c10-3-1(6(16)14-11)4(7(17)15-12)13-5(9(20)21)2(3)8(18)19/h11-12H2,(H,14,16)(H,15,17)(H,18,19)(H,20,21). The Bertz CT molecular complexity index is 661. The second kappa shape index (κ2) is 6.13. The van der Waals surface area contributed by atoms with Crippen LogP contribution in [0.25, 0.3) is 0 Å². The van der Waals surface area contributed by atoms with Gasteiger partial charge in [0.1, 0.15) is 11.3 Å². The molecule has 1 rings (SSSR count). The Morgan fingerprint density at radius 1 is 0.905 bits per heavy atom. The SMILES string of the molecule is NNC(=O)c1nc(C(=O)O)c(C(=O)O)c(Cl)c1C(=O)NN. The number of halogens is 1. The number of hydrogen-bond acceptors (Lipinski definition) is 7. The number of carbonyl (C=O) groups excluding carboxylic acids is 2. The summed E-state index contributed by atoms with van der Waals surface area (Å²) in [6.07, 6.45) is 0. The highest BCUT2D eigenvalue weighted by atomic mass is 35.5. The molecule has 11 nitrogen and oxygen atoms in total. The van der Waals surface area contributed by atoms with Gasteiger partial charge in [0.05, 0.1) is 10.6 Å². The van der Waals surface area contributed by atoms with Crippen molar-refractivity contribution in [3.05, 3.63) is 27.5 Å². The first-order valence-electron chi connectivity index (χ1n) is 4.98. The van der Waals surface area contributed by atoms with E-state index in [9.17, 15) is 19.2 Å². The van der Waals surface area contributed by atoms with Crippen LogP contribution < -0.4 is 22.5 Å². The minimum Gasteiger partial charge on any atom is -0.478 e. The van der Waals surface area contributed by atoms with Gasteiger partial charge in [0, 0.05) is 0 Å². The summed E-state index contributed by atoms with van der Waals surface area (Å²) in [5, 5.41) is 17.1. The van der Waals surface area contributed by atoms with Crippen LogP contribution in [0.15, 0.2) is 0 Å². The summed E-state index contributed by atoms with van der Waals surface area (Å²) in [6, 6.07) is 0. The van der Waals surface area contributed by atoms with Crippen LogP contribution in [-0.4, -0.2) is 39.0 Å². The number of nitrogens with one attached hydrogen (secondary N) is 2. The van der Waals surface area contributed by atoms with Gasteiger partial charge in [0.2, 0.25) is 0 Å². The molecule has 0 radical (unpaired) electrons. The van der Waals surface area contributed by atoms with Crippen molar-refractivity contribution in [1.82, 2.24) is 15.8 Å². The van der Waals surface area contributed by atoms with Crippen LogP contribution in [0.4, 0.5) is 0 Å². The second-order valence-corrected chi connectivity index (χ2v) is 3.81. The predicted molar refractivity (Wildman–Crippen MR) is 66.5 cm³/mol. The lowest BCUT2D eigenvalue weighted by molar-refractivity contribution is 0.0645. The summed E-state index contributed by atoms with van der Waals surface area (Å²) in [6.45, 7) is 0. The summed E-state index contributed by atoms with van der Waals surface area (Å²) in [5.74, 6) is 3.95. The summed E-state index contributed by atoms with van der Waals surface area (Å²) in [4.78, 5) is 48.6. The van der Waals surface area contributed by atoms with E-state index in [1.807, 2.05) is 0 Å². The average molecular weight is 318 g/mol. The van der Waals surface area contributed by atoms with Gasteiger partial charge in [-0.05, 0) is 0 Å². The zero-order chi connectivity index (χ0) is 16.3. The van der Waals surface area contributed by atoms with E-state index in [1.54, 1.807) is 10.9 Å². The number of aromatic nitrogens is 1. The predicted octanol–water partition coefficient (Wildman–Crippen LogP) is -1.66. The molecule has 112 valence electrons. The largest absolute Gasteiger partial charge is 0.478 e. The highest BCUT2D eigenvalue weighted by molar-refractivity contribution is 6.38. The van der Waals surface area contributed by atoms with Crippen LogP contribution in [0, 0.1) is 0 Å². The maximum atomic E-state index is 11.6. The molecule has 8 N–H and O–H groups in total. The van der Waals surface area contributed by atoms with Crippen LogP contribution in [0.3, 0.4) is 0 Å². The third kappa shape index (κ3) is 2.89. The molecule has 0 unspecified atom stereocenters. The molecule has 0 spiro atoms. The molecule has 0 aliphatic rings. The number of hydrogen-bond donors (Lipinski definition) is 6. The molecule has 0 aliphatic carbocycles. The molecule has 1 aromatic heterocycles. The lowest BCUT2D eigenvalue weighted by atomic mass is 10.1. The van der Waals surface area contributed by atoms with Crippen LogP contribution in [0.5, 0.6) is 0 Å². The average Bonchev–Trinajstić information content (AvgIpc) is 2.43. The minimum absolute atomic E-state index is 0.718. The van der Waals surface area contributed by atoms with E-state index in [4.69, 9.17) is 33.5 Å². The number of nitrogens with zero attached hydrogens (tertiary/aromatic N) is 1. The number of nitrogens with two attached hydrogens (primary N) is 2. The molecule has 0 fully saturated rings. The van der Waals surface area contributed by atoms with Crippen molar-refractivity contribution in [3.8, 4) is 0 Å². The van der Waals surface area contributed by atoms with Gasteiger partial charge in [-0.1, -0.05) is 11.6 Å². The third-order valence-corrected chi connectivity index (χ3v) is 2.63. The fourth-order valence-corrected chi connectivity index (χ4v) is 1.76. The number of pyridine rings is 1. The van der Waals surface area contributed by atoms with Gasteiger partial charge < -0.3 is 10.2 Å². The molecule has 21 heavy (non-hydrogen) atoms. The van der Waals surface area contributed by atoms with Crippen molar-refractivity contribution in [1.29, 1.82) is 0 Å². The van der Waals surface area contributed by atoms with Gasteiger partial charge >= 0.3 is 11.9 Å². The van der Waals surface area contributed by atoms with E-state index in [-0.39, 0.29) is 0 Å². The van der Waals surface area contributed by atoms with Crippen LogP contribution >= 0.6 is 11.6 Å². The van der Waals surface area contributed by atoms with Gasteiger partial charge in [-0.15, -0.1) is 0 Å². The van der Waals surface area contributed by atoms with Crippen molar-refractivity contribution in [2.75, 3.05) is 0 Å². The fraction of sp³-hybridized carbons (Fsp3) is 0. The molecule has 0 aliphatic heterocycles. The Labute approximate surface area is 120 Å². The highest BCUT2D eigenvalue weighted by Gasteiger charge is 2.31. The Morgan fingerprint density at radius 3 is 1.81 bits per heavy atom. The smallest absolute Gasteiger partial charge is 0.355 e. The van der Waals surface area contributed by atoms with Gasteiger partial charge in [-0.2, -0.15) is 0 Å². The topological polar surface area (TPSA) is 198 Å². The second-order valence-electron chi connectivity index (χ2n) is 3.43. The molecule has 0 bridgehead atoms. The molecule has 0 saturated heterocycles. The van der Waals surface area contributed by atoms with E-state index in [2.05, 4.69) is 4.98 Å². The number of rotatable bonds is 4. The summed E-state index contributed by atoms with van der Waals surface area (Å²) in [5.41, 5.74) is -0.239. The minimum atomic E-state index is -1.76. The van der Waals surface area contributed by atoms with Gasteiger partial charge in [-0.3, -0.25) is 20.4 Å². The fourth-order valence-electron chi connectivity index (χ4n) is 1.42. The Hall–Kier alpha value is -2.76. The summed E-state index contributed by atoms with van der Waals surface area (Å²) >= 11 is 5.71. The van der Waals surface area contributed by atoms with Crippen molar-refractivity contribution in [2.45, 2.75) is 0 Å². The summed E-state index contributed by atoms with van der Waals surface area (Å²) < 4.78 is 0. The van der Waals surface area contributed by atoms with Gasteiger partial charge in [-0.25, -0.2) is 26.3 Å². The van der Waals surface area contributed by atoms with Crippen molar-refractivity contribution >= 4 is 35.4 Å². The zero-order valence-corrected chi connectivity index (χ0v) is 10.8. The molecule has 2 amide bonds. The molecule has 1 heterocycles. The first-order chi connectivity index (χ1) is 9.76. The molecule has 1 aromatic rings. The zero-order valence-electron chi connectivity index (χ0n) is 10.0. The monoisotopic (exact) mass is 317 g/mol. The summed E-state index contributed by atoms with van der Waals surface area (Å²) in [7, 11) is 0. The number of carboxylic acid groups (broad SMARTS) is 2. The van der Waals surface area contributed by atoms with E-state index in [1.165, 1.54) is 0 Å². The Balaban J connectivity index is 3.88. The Morgan fingerprint density at radius 2 is 1.43 bits per heavy atom. The number of hydrazine groups is 2. The number of amides is 2. The molecular formula is C9H8ClN5O6. The molecule has 12 heteroatoms. The number of carboxylic acids is 2. The molecule has 0 aromatic carbocycles. The number of aromatic carboxylic acids is 2. The van der Waals surface area contributed by atoms with Crippen LogP contribution in [-0.2, 0) is 0 Å². The van der Waals surface area contributed by atoms with Crippen molar-refractivity contribution in [3.63, 3.8) is 0 Å². The normalized spacial score (nSPS) is 9.86. The molecular weight excluding hydrogens is 310 g/mol. The van der Waals surface area contributed by atoms with E-state index in [0.717, 1.165) is 0 Å². The van der Waals surface area contributed by atoms with E-state index in [0.29, 0.717) is 0 Å². The third-order valence-electron chi connectivity index (χ3n) is 2.26. The maximum absolute atomic E-state index is 11.6. The van der Waals surface area contributed by atoms with Crippen LogP contribution in [0.1, 0.15) is 41.7 Å². The molecule has 0 saturated carbocycles. The highest BCUT2D eigenvalue weighted by Crippen LogP contribution is 2.26.